The average Bonchev–Trinajstić information content (AvgIpc) is 3.34. The van der Waals surface area contributed by atoms with E-state index < -0.39 is 0 Å². The maximum atomic E-state index is 6.34. The van der Waals surface area contributed by atoms with Gasteiger partial charge in [-0.1, -0.05) is 43.2 Å². The molecule has 1 unspecified atom stereocenters. The van der Waals surface area contributed by atoms with Crippen molar-refractivity contribution in [2.24, 2.45) is 0 Å². The number of anilines is 1. The van der Waals surface area contributed by atoms with Crippen molar-refractivity contribution in [2.75, 3.05) is 18.0 Å². The van der Waals surface area contributed by atoms with Crippen LogP contribution in [0, 0.1) is 0 Å². The summed E-state index contributed by atoms with van der Waals surface area (Å²) in [5, 5.41) is 4.18. The van der Waals surface area contributed by atoms with Crippen LogP contribution >= 0.6 is 0 Å². The Morgan fingerprint density at radius 1 is 1.04 bits per heavy atom. The highest BCUT2D eigenvalue weighted by atomic mass is 16.5. The third-order valence-corrected chi connectivity index (χ3v) is 4.78. The molecule has 1 saturated carbocycles. The first-order chi connectivity index (χ1) is 11.4. The molecule has 122 valence electrons. The van der Waals surface area contributed by atoms with Crippen LogP contribution in [0.2, 0.25) is 0 Å². The van der Waals surface area contributed by atoms with Gasteiger partial charge in [-0.3, -0.25) is 0 Å². The first-order valence-electron chi connectivity index (χ1n) is 8.69. The lowest BCUT2D eigenvalue weighted by Gasteiger charge is -2.19. The molecule has 2 aliphatic rings. The van der Waals surface area contributed by atoms with Gasteiger partial charge in [-0.2, -0.15) is 4.98 Å². The Morgan fingerprint density at radius 3 is 2.52 bits per heavy atom. The summed E-state index contributed by atoms with van der Waals surface area (Å²) in [6.45, 7) is 2.02. The number of rotatable bonds is 5. The second-order valence-corrected chi connectivity index (χ2v) is 6.46. The summed E-state index contributed by atoms with van der Waals surface area (Å²) in [4.78, 5) is 6.82. The number of nitrogens with zero attached hydrogens (tertiary/aromatic N) is 3. The van der Waals surface area contributed by atoms with Crippen LogP contribution in [0.4, 0.5) is 5.95 Å². The first kappa shape index (κ1) is 14.7. The number of hydrogen-bond acceptors (Lipinski definition) is 5. The van der Waals surface area contributed by atoms with Crippen LogP contribution in [0.1, 0.15) is 56.1 Å². The highest BCUT2D eigenvalue weighted by Crippen LogP contribution is 2.32. The van der Waals surface area contributed by atoms with Gasteiger partial charge >= 0.3 is 0 Å². The molecule has 0 radical (unpaired) electrons. The van der Waals surface area contributed by atoms with Gasteiger partial charge in [0.15, 0.2) is 6.10 Å². The van der Waals surface area contributed by atoms with Gasteiger partial charge in [-0.25, -0.2) is 0 Å². The normalized spacial score (nSPS) is 20.3. The highest BCUT2D eigenvalue weighted by Gasteiger charge is 2.28. The van der Waals surface area contributed by atoms with Crippen LogP contribution in [0.25, 0.3) is 0 Å². The van der Waals surface area contributed by atoms with E-state index in [0.717, 1.165) is 31.5 Å². The molecule has 1 aromatic heterocycles. The highest BCUT2D eigenvalue weighted by molar-refractivity contribution is 5.31. The molecule has 5 nitrogen and oxygen atoms in total. The summed E-state index contributed by atoms with van der Waals surface area (Å²) in [7, 11) is 0. The van der Waals surface area contributed by atoms with Crippen molar-refractivity contribution in [3.63, 3.8) is 0 Å². The van der Waals surface area contributed by atoms with Crippen molar-refractivity contribution in [2.45, 2.75) is 50.7 Å². The third kappa shape index (κ3) is 3.24. The second kappa shape index (κ2) is 6.71. The molecule has 1 aliphatic heterocycles. The summed E-state index contributed by atoms with van der Waals surface area (Å²) in [6.07, 6.45) is 7.16. The van der Waals surface area contributed by atoms with Crippen LogP contribution in [-0.2, 0) is 4.74 Å². The summed E-state index contributed by atoms with van der Waals surface area (Å²) >= 11 is 0. The second-order valence-electron chi connectivity index (χ2n) is 6.46. The Kier molecular flexibility index (Phi) is 4.28. The molecular formula is C18H23N3O2. The van der Waals surface area contributed by atoms with E-state index >= 15 is 0 Å². The lowest BCUT2D eigenvalue weighted by atomic mass is 10.1. The minimum absolute atomic E-state index is 0.261. The van der Waals surface area contributed by atoms with Crippen LogP contribution < -0.4 is 4.90 Å². The van der Waals surface area contributed by atoms with Gasteiger partial charge in [-0.05, 0) is 36.4 Å². The molecule has 5 heteroatoms. The molecule has 2 fully saturated rings. The van der Waals surface area contributed by atoms with Crippen LogP contribution in [0.15, 0.2) is 34.9 Å². The van der Waals surface area contributed by atoms with Gasteiger partial charge in [0.2, 0.25) is 0 Å². The van der Waals surface area contributed by atoms with Crippen molar-refractivity contribution < 1.29 is 9.26 Å². The van der Waals surface area contributed by atoms with Crippen LogP contribution in [0.3, 0.4) is 0 Å². The lowest BCUT2D eigenvalue weighted by Crippen LogP contribution is -2.19. The SMILES string of the molecule is c1ccc(C(OC2CCCC2)c2nc(N3CCCC3)no2)cc1. The quantitative estimate of drug-likeness (QED) is 0.842. The molecule has 0 bridgehead atoms. The van der Waals surface area contributed by atoms with E-state index in [4.69, 9.17) is 9.26 Å². The Labute approximate surface area is 136 Å². The standard InChI is InChI=1S/C18H23N3O2/c1-2-8-14(9-3-1)16(22-15-10-4-5-11-15)17-19-18(20-23-17)21-12-6-7-13-21/h1-3,8-9,15-16H,4-7,10-13H2. The minimum Gasteiger partial charge on any atom is -0.360 e. The van der Waals surface area contributed by atoms with E-state index in [1.165, 1.54) is 25.7 Å². The Balaban J connectivity index is 1.58. The van der Waals surface area contributed by atoms with Crippen molar-refractivity contribution in [3.8, 4) is 0 Å². The van der Waals surface area contributed by atoms with E-state index in [1.807, 2.05) is 18.2 Å². The molecule has 0 amide bonds. The van der Waals surface area contributed by atoms with Crippen LogP contribution in [-0.4, -0.2) is 29.3 Å². The zero-order chi connectivity index (χ0) is 15.5. The zero-order valence-corrected chi connectivity index (χ0v) is 13.4. The van der Waals surface area contributed by atoms with E-state index in [0.29, 0.717) is 17.9 Å². The molecule has 23 heavy (non-hydrogen) atoms. The molecule has 0 spiro atoms. The van der Waals surface area contributed by atoms with Gasteiger partial charge < -0.3 is 14.2 Å². The average molecular weight is 313 g/mol. The fraction of sp³-hybridized carbons (Fsp3) is 0.556. The molecular weight excluding hydrogens is 290 g/mol. The van der Waals surface area contributed by atoms with Gasteiger partial charge in [0.1, 0.15) is 0 Å². The molecule has 1 saturated heterocycles. The first-order valence-corrected chi connectivity index (χ1v) is 8.69. The van der Waals surface area contributed by atoms with Crippen LogP contribution in [0.5, 0.6) is 0 Å². The largest absolute Gasteiger partial charge is 0.360 e. The zero-order valence-electron chi connectivity index (χ0n) is 13.4. The minimum atomic E-state index is -0.261. The number of aromatic nitrogens is 2. The lowest BCUT2D eigenvalue weighted by molar-refractivity contribution is -0.00315. The fourth-order valence-electron chi connectivity index (χ4n) is 3.50. The summed E-state index contributed by atoms with van der Waals surface area (Å²) in [6, 6.07) is 10.2. The molecule has 2 aromatic rings. The number of benzene rings is 1. The predicted molar refractivity (Wildman–Crippen MR) is 87.4 cm³/mol. The summed E-state index contributed by atoms with van der Waals surface area (Å²) in [5.74, 6) is 1.28. The van der Waals surface area contributed by atoms with Crippen molar-refractivity contribution >= 4 is 5.95 Å². The fourth-order valence-corrected chi connectivity index (χ4v) is 3.50. The monoisotopic (exact) mass is 313 g/mol. The van der Waals surface area contributed by atoms with Crippen molar-refractivity contribution in [3.05, 3.63) is 41.8 Å². The maximum absolute atomic E-state index is 6.34. The summed E-state index contributed by atoms with van der Waals surface area (Å²) < 4.78 is 11.9. The van der Waals surface area contributed by atoms with Gasteiger partial charge in [0.05, 0.1) is 6.10 Å². The van der Waals surface area contributed by atoms with E-state index in [9.17, 15) is 0 Å². The Hall–Kier alpha value is -1.88. The predicted octanol–water partition coefficient (Wildman–Crippen LogP) is 3.72. The molecule has 2 heterocycles. The van der Waals surface area contributed by atoms with E-state index in [-0.39, 0.29) is 6.10 Å². The summed E-state index contributed by atoms with van der Waals surface area (Å²) in [5.41, 5.74) is 1.08. The van der Waals surface area contributed by atoms with Crippen molar-refractivity contribution in [1.82, 2.24) is 10.1 Å². The molecule has 1 atom stereocenters. The smallest absolute Gasteiger partial charge is 0.266 e. The van der Waals surface area contributed by atoms with E-state index in [2.05, 4.69) is 27.2 Å². The van der Waals surface area contributed by atoms with Gasteiger partial charge in [-0.15, -0.1) is 0 Å². The van der Waals surface area contributed by atoms with Gasteiger partial charge in [0, 0.05) is 13.1 Å². The number of hydrogen-bond donors (Lipinski definition) is 0. The Bertz CT molecular complexity index is 616. The molecule has 1 aromatic carbocycles. The van der Waals surface area contributed by atoms with E-state index in [1.54, 1.807) is 0 Å². The van der Waals surface area contributed by atoms with Gasteiger partial charge in [0.25, 0.3) is 11.8 Å². The maximum Gasteiger partial charge on any atom is 0.266 e. The third-order valence-electron chi connectivity index (χ3n) is 4.78. The Morgan fingerprint density at radius 2 is 1.78 bits per heavy atom. The van der Waals surface area contributed by atoms with Crippen molar-refractivity contribution in [1.29, 1.82) is 0 Å². The number of ether oxygens (including phenoxy) is 1. The molecule has 1 aliphatic carbocycles. The topological polar surface area (TPSA) is 51.4 Å². The molecule has 4 rings (SSSR count). The molecule has 0 N–H and O–H groups in total.